The second-order valence-electron chi connectivity index (χ2n) is 5.49. The summed E-state index contributed by atoms with van der Waals surface area (Å²) in [7, 11) is 1.34. The van der Waals surface area contributed by atoms with Gasteiger partial charge in [0, 0.05) is 11.0 Å². The molecule has 7 heteroatoms. The van der Waals surface area contributed by atoms with E-state index in [9.17, 15) is 22.7 Å². The van der Waals surface area contributed by atoms with Crippen LogP contribution in [0, 0.1) is 5.82 Å². The van der Waals surface area contributed by atoms with Gasteiger partial charge in [0.2, 0.25) is 0 Å². The number of aliphatic hydroxyl groups excluding tert-OH is 1. The van der Waals surface area contributed by atoms with Crippen LogP contribution in [0.25, 0.3) is 0 Å². The first-order valence-corrected chi connectivity index (χ1v) is 6.41. The second kappa shape index (κ2) is 5.14. The Balaban J connectivity index is 2.38. The molecular weight excluding hydrogens is 292 g/mol. The standard InChI is InChI=1S/C14H16F4O3/c1-21-11-3-2-9(15)6-10(11)12(4-5-12)7-13(20,8-19)14(16,17)18/h2-3,6,19-20H,4-5,7-8H2,1H3. The van der Waals surface area contributed by atoms with Crippen LogP contribution in [-0.4, -0.2) is 35.7 Å². The Kier molecular flexibility index (Phi) is 3.92. The van der Waals surface area contributed by atoms with Crippen LogP contribution in [0.3, 0.4) is 0 Å². The fourth-order valence-corrected chi connectivity index (χ4v) is 2.59. The molecular formula is C14H16F4O3. The minimum absolute atomic E-state index is 0.274. The predicted octanol–water partition coefficient (Wildman–Crippen LogP) is 2.54. The maximum atomic E-state index is 13.4. The third kappa shape index (κ3) is 2.85. The monoisotopic (exact) mass is 308 g/mol. The van der Waals surface area contributed by atoms with Crippen molar-refractivity contribution in [1.82, 2.24) is 0 Å². The minimum Gasteiger partial charge on any atom is -0.496 e. The normalized spacial score (nSPS) is 20.0. The average molecular weight is 308 g/mol. The number of aliphatic hydroxyl groups is 2. The van der Waals surface area contributed by atoms with Crippen molar-refractivity contribution >= 4 is 0 Å². The number of halogens is 4. The lowest BCUT2D eigenvalue weighted by Gasteiger charge is -2.33. The minimum atomic E-state index is -4.96. The molecule has 1 aliphatic rings. The molecule has 1 saturated carbocycles. The van der Waals surface area contributed by atoms with Crippen LogP contribution in [0.4, 0.5) is 17.6 Å². The van der Waals surface area contributed by atoms with Gasteiger partial charge in [-0.05, 0) is 37.5 Å². The average Bonchev–Trinajstić information content (AvgIpc) is 3.18. The van der Waals surface area contributed by atoms with E-state index in [1.807, 2.05) is 0 Å². The Hall–Kier alpha value is -1.34. The molecule has 1 aliphatic carbocycles. The number of ether oxygens (including phenoxy) is 1. The molecule has 0 radical (unpaired) electrons. The quantitative estimate of drug-likeness (QED) is 0.822. The summed E-state index contributed by atoms with van der Waals surface area (Å²) in [4.78, 5) is 0. The van der Waals surface area contributed by atoms with Crippen LogP contribution in [0.5, 0.6) is 5.75 Å². The van der Waals surface area contributed by atoms with Crippen LogP contribution in [-0.2, 0) is 5.41 Å². The summed E-state index contributed by atoms with van der Waals surface area (Å²) in [5, 5.41) is 18.7. The van der Waals surface area contributed by atoms with Crippen molar-refractivity contribution in [1.29, 1.82) is 0 Å². The van der Waals surface area contributed by atoms with Crippen molar-refractivity contribution in [2.24, 2.45) is 0 Å². The summed E-state index contributed by atoms with van der Waals surface area (Å²) in [6.07, 6.45) is -4.95. The highest BCUT2D eigenvalue weighted by molar-refractivity contribution is 5.44. The molecule has 2 rings (SSSR count). The smallest absolute Gasteiger partial charge is 0.419 e. The Morgan fingerprint density at radius 3 is 2.33 bits per heavy atom. The Morgan fingerprint density at radius 2 is 1.90 bits per heavy atom. The molecule has 1 aromatic carbocycles. The van der Waals surface area contributed by atoms with E-state index in [0.717, 1.165) is 12.1 Å². The molecule has 0 aromatic heterocycles. The predicted molar refractivity (Wildman–Crippen MR) is 66.6 cm³/mol. The van der Waals surface area contributed by atoms with E-state index in [1.54, 1.807) is 0 Å². The lowest BCUT2D eigenvalue weighted by molar-refractivity contribution is -0.275. The third-order valence-corrected chi connectivity index (χ3v) is 4.01. The van der Waals surface area contributed by atoms with Crippen molar-refractivity contribution in [3.63, 3.8) is 0 Å². The molecule has 3 nitrogen and oxygen atoms in total. The highest BCUT2D eigenvalue weighted by atomic mass is 19.4. The van der Waals surface area contributed by atoms with Gasteiger partial charge in [-0.25, -0.2) is 4.39 Å². The largest absolute Gasteiger partial charge is 0.496 e. The van der Waals surface area contributed by atoms with Gasteiger partial charge in [0.25, 0.3) is 0 Å². The second-order valence-corrected chi connectivity index (χ2v) is 5.49. The van der Waals surface area contributed by atoms with Gasteiger partial charge >= 0.3 is 6.18 Å². The lowest BCUT2D eigenvalue weighted by Crippen LogP contribution is -2.50. The fraction of sp³-hybridized carbons (Fsp3) is 0.571. The van der Waals surface area contributed by atoms with Gasteiger partial charge in [-0.1, -0.05) is 0 Å². The van der Waals surface area contributed by atoms with E-state index in [-0.39, 0.29) is 5.75 Å². The van der Waals surface area contributed by atoms with Crippen molar-refractivity contribution in [2.45, 2.75) is 36.5 Å². The van der Waals surface area contributed by atoms with E-state index in [0.29, 0.717) is 18.4 Å². The fourth-order valence-electron chi connectivity index (χ4n) is 2.59. The van der Waals surface area contributed by atoms with Crippen LogP contribution in [0.1, 0.15) is 24.8 Å². The maximum Gasteiger partial charge on any atom is 0.419 e. The van der Waals surface area contributed by atoms with Gasteiger partial charge in [-0.2, -0.15) is 13.2 Å². The first-order chi connectivity index (χ1) is 9.67. The molecule has 0 saturated heterocycles. The summed E-state index contributed by atoms with van der Waals surface area (Å²) in [6.45, 7) is -1.43. The van der Waals surface area contributed by atoms with Crippen LogP contribution < -0.4 is 4.74 Å². The number of methoxy groups -OCH3 is 1. The third-order valence-electron chi connectivity index (χ3n) is 4.01. The van der Waals surface area contributed by atoms with Crippen LogP contribution in [0.15, 0.2) is 18.2 Å². The summed E-state index contributed by atoms with van der Waals surface area (Å²) in [5.74, 6) is -0.312. The van der Waals surface area contributed by atoms with Crippen molar-refractivity contribution in [3.05, 3.63) is 29.6 Å². The molecule has 0 bridgehead atoms. The SMILES string of the molecule is COc1ccc(F)cc1C1(CC(O)(CO)C(F)(F)F)CC1. The van der Waals surface area contributed by atoms with Crippen LogP contribution >= 0.6 is 0 Å². The molecule has 2 N–H and O–H groups in total. The lowest BCUT2D eigenvalue weighted by atomic mass is 9.82. The number of hydrogen-bond donors (Lipinski definition) is 2. The Labute approximate surface area is 119 Å². The van der Waals surface area contributed by atoms with E-state index in [2.05, 4.69) is 0 Å². The summed E-state index contributed by atoms with van der Waals surface area (Å²) in [5.41, 5.74) is -3.94. The van der Waals surface area contributed by atoms with Gasteiger partial charge in [0.15, 0.2) is 5.60 Å². The molecule has 118 valence electrons. The summed E-state index contributed by atoms with van der Waals surface area (Å²) in [6, 6.07) is 3.62. The number of rotatable bonds is 5. The number of benzene rings is 1. The van der Waals surface area contributed by atoms with E-state index < -0.39 is 36.0 Å². The van der Waals surface area contributed by atoms with Gasteiger partial charge in [-0.3, -0.25) is 0 Å². The molecule has 21 heavy (non-hydrogen) atoms. The van der Waals surface area contributed by atoms with Crippen LogP contribution in [0.2, 0.25) is 0 Å². The topological polar surface area (TPSA) is 49.7 Å². The van der Waals surface area contributed by atoms with Crippen molar-refractivity contribution in [2.75, 3.05) is 13.7 Å². The molecule has 1 fully saturated rings. The first kappa shape index (κ1) is 16.0. The molecule has 1 aromatic rings. The van der Waals surface area contributed by atoms with Crippen molar-refractivity contribution in [3.8, 4) is 5.75 Å². The van der Waals surface area contributed by atoms with Gasteiger partial charge in [0.05, 0.1) is 13.7 Å². The highest BCUT2D eigenvalue weighted by Crippen LogP contribution is 2.57. The van der Waals surface area contributed by atoms with Crippen molar-refractivity contribution < 1.29 is 32.5 Å². The zero-order valence-corrected chi connectivity index (χ0v) is 11.4. The van der Waals surface area contributed by atoms with E-state index >= 15 is 0 Å². The molecule has 0 aliphatic heterocycles. The number of alkyl halides is 3. The molecule has 0 heterocycles. The molecule has 1 unspecified atom stereocenters. The summed E-state index contributed by atoms with van der Waals surface area (Å²) >= 11 is 0. The zero-order chi connectivity index (χ0) is 15.9. The summed E-state index contributed by atoms with van der Waals surface area (Å²) < 4.78 is 57.2. The molecule has 1 atom stereocenters. The number of hydrogen-bond acceptors (Lipinski definition) is 3. The molecule has 0 amide bonds. The van der Waals surface area contributed by atoms with Gasteiger partial charge in [0.1, 0.15) is 11.6 Å². The Morgan fingerprint density at radius 1 is 1.29 bits per heavy atom. The zero-order valence-electron chi connectivity index (χ0n) is 11.4. The van der Waals surface area contributed by atoms with Gasteiger partial charge in [-0.15, -0.1) is 0 Å². The Bertz CT molecular complexity index is 525. The molecule has 0 spiro atoms. The van der Waals surface area contributed by atoms with Gasteiger partial charge < -0.3 is 14.9 Å². The first-order valence-electron chi connectivity index (χ1n) is 6.41. The van der Waals surface area contributed by atoms with E-state index in [1.165, 1.54) is 13.2 Å². The highest BCUT2D eigenvalue weighted by Gasteiger charge is 2.61. The maximum absolute atomic E-state index is 13.4. The van der Waals surface area contributed by atoms with E-state index in [4.69, 9.17) is 9.84 Å².